The number of hydrogen-bond acceptors (Lipinski definition) is 2. The number of aryl methyl sites for hydroxylation is 2. The zero-order valence-corrected chi connectivity index (χ0v) is 8.00. The van der Waals surface area contributed by atoms with Crippen LogP contribution in [0.2, 0.25) is 0 Å². The zero-order valence-electron chi connectivity index (χ0n) is 8.00. The van der Waals surface area contributed by atoms with Crippen LogP contribution in [0.1, 0.15) is 21.5 Å². The van der Waals surface area contributed by atoms with E-state index in [2.05, 4.69) is 0 Å². The highest BCUT2D eigenvalue weighted by molar-refractivity contribution is 6.03. The van der Waals surface area contributed by atoms with Crippen molar-refractivity contribution in [2.75, 3.05) is 0 Å². The van der Waals surface area contributed by atoms with Crippen molar-refractivity contribution >= 4 is 16.9 Å². The quantitative estimate of drug-likeness (QED) is 0.752. The minimum absolute atomic E-state index is 0.234. The molecular formula is C11H10O3. The second-order valence-electron chi connectivity index (χ2n) is 3.41. The number of carboxylic acids is 1. The average Bonchev–Trinajstić information content (AvgIpc) is 2.47. The number of benzene rings is 1. The summed E-state index contributed by atoms with van der Waals surface area (Å²) in [7, 11) is 0. The van der Waals surface area contributed by atoms with Crippen LogP contribution in [0.15, 0.2) is 22.8 Å². The van der Waals surface area contributed by atoms with Crippen LogP contribution >= 0.6 is 0 Å². The first kappa shape index (κ1) is 8.81. The van der Waals surface area contributed by atoms with Gasteiger partial charge in [0, 0.05) is 5.39 Å². The van der Waals surface area contributed by atoms with E-state index in [4.69, 9.17) is 9.52 Å². The van der Waals surface area contributed by atoms with E-state index in [1.165, 1.54) is 6.26 Å². The zero-order chi connectivity index (χ0) is 10.3. The average molecular weight is 190 g/mol. The first-order valence-corrected chi connectivity index (χ1v) is 4.31. The van der Waals surface area contributed by atoms with Crippen molar-refractivity contribution in [3.05, 3.63) is 35.1 Å². The number of rotatable bonds is 1. The first-order chi connectivity index (χ1) is 6.59. The molecule has 1 aromatic heterocycles. The van der Waals surface area contributed by atoms with Crippen LogP contribution in [0, 0.1) is 13.8 Å². The Balaban J connectivity index is 2.85. The summed E-state index contributed by atoms with van der Waals surface area (Å²) in [6, 6.07) is 3.79. The molecule has 2 rings (SSSR count). The number of hydrogen-bond donors (Lipinski definition) is 1. The molecule has 0 bridgehead atoms. The lowest BCUT2D eigenvalue weighted by Crippen LogP contribution is -1.94. The van der Waals surface area contributed by atoms with Crippen molar-refractivity contribution in [3.63, 3.8) is 0 Å². The molecule has 0 aliphatic rings. The van der Waals surface area contributed by atoms with Gasteiger partial charge in [-0.2, -0.15) is 0 Å². The fourth-order valence-electron chi connectivity index (χ4n) is 1.71. The molecule has 0 unspecified atom stereocenters. The third-order valence-electron chi connectivity index (χ3n) is 2.25. The predicted molar refractivity (Wildman–Crippen MR) is 52.6 cm³/mol. The highest BCUT2D eigenvalue weighted by Crippen LogP contribution is 2.25. The summed E-state index contributed by atoms with van der Waals surface area (Å²) in [5.41, 5.74) is 2.88. The maximum absolute atomic E-state index is 10.9. The van der Waals surface area contributed by atoms with Gasteiger partial charge < -0.3 is 9.52 Å². The van der Waals surface area contributed by atoms with Gasteiger partial charge in [-0.05, 0) is 31.0 Å². The van der Waals surface area contributed by atoms with E-state index in [1.54, 1.807) is 0 Å². The van der Waals surface area contributed by atoms with Crippen molar-refractivity contribution in [3.8, 4) is 0 Å². The van der Waals surface area contributed by atoms with E-state index >= 15 is 0 Å². The van der Waals surface area contributed by atoms with Crippen molar-refractivity contribution in [2.45, 2.75) is 13.8 Å². The molecule has 0 fully saturated rings. The Bertz CT molecular complexity index is 508. The lowest BCUT2D eigenvalue weighted by atomic mass is 10.1. The van der Waals surface area contributed by atoms with Crippen molar-refractivity contribution in [2.24, 2.45) is 0 Å². The Morgan fingerprint density at radius 3 is 2.71 bits per heavy atom. The largest absolute Gasteiger partial charge is 0.478 e. The Hall–Kier alpha value is -1.77. The lowest BCUT2D eigenvalue weighted by Gasteiger charge is -1.98. The summed E-state index contributed by atoms with van der Waals surface area (Å²) in [6.07, 6.45) is 1.29. The summed E-state index contributed by atoms with van der Waals surface area (Å²) in [5.74, 6) is -0.948. The van der Waals surface area contributed by atoms with Gasteiger partial charge in [0.15, 0.2) is 0 Å². The third kappa shape index (κ3) is 1.18. The monoisotopic (exact) mass is 190 g/mol. The number of fused-ring (bicyclic) bond motifs is 1. The normalized spacial score (nSPS) is 10.7. The molecule has 0 radical (unpaired) electrons. The molecular weight excluding hydrogens is 180 g/mol. The van der Waals surface area contributed by atoms with Gasteiger partial charge in [-0.15, -0.1) is 0 Å². The molecule has 72 valence electrons. The second-order valence-corrected chi connectivity index (χ2v) is 3.41. The molecule has 1 heterocycles. The fraction of sp³-hybridized carbons (Fsp3) is 0.182. The van der Waals surface area contributed by atoms with Crippen LogP contribution in [-0.4, -0.2) is 11.1 Å². The smallest absolute Gasteiger partial charge is 0.339 e. The third-order valence-corrected chi connectivity index (χ3v) is 2.25. The molecule has 0 atom stereocenters. The van der Waals surface area contributed by atoms with E-state index in [9.17, 15) is 4.79 Å². The summed E-state index contributed by atoms with van der Waals surface area (Å²) in [4.78, 5) is 10.9. The second kappa shape index (κ2) is 2.87. The molecule has 14 heavy (non-hydrogen) atoms. The highest BCUT2D eigenvalue weighted by atomic mass is 16.4. The van der Waals surface area contributed by atoms with Crippen LogP contribution in [0.25, 0.3) is 11.0 Å². The Labute approximate surface area is 81.0 Å². The maximum Gasteiger partial charge on any atom is 0.339 e. The van der Waals surface area contributed by atoms with E-state index in [0.29, 0.717) is 11.0 Å². The molecule has 3 nitrogen and oxygen atoms in total. The molecule has 1 aromatic carbocycles. The molecule has 0 aliphatic carbocycles. The van der Waals surface area contributed by atoms with Crippen molar-refractivity contribution in [1.82, 2.24) is 0 Å². The first-order valence-electron chi connectivity index (χ1n) is 4.31. The van der Waals surface area contributed by atoms with Gasteiger partial charge in [-0.25, -0.2) is 4.79 Å². The number of carboxylic acid groups (broad SMARTS) is 1. The van der Waals surface area contributed by atoms with Gasteiger partial charge in [-0.1, -0.05) is 6.07 Å². The van der Waals surface area contributed by atoms with Gasteiger partial charge in [0.25, 0.3) is 0 Å². The van der Waals surface area contributed by atoms with Crippen molar-refractivity contribution < 1.29 is 14.3 Å². The van der Waals surface area contributed by atoms with Gasteiger partial charge >= 0.3 is 5.97 Å². The molecule has 0 saturated carbocycles. The molecule has 1 N–H and O–H groups in total. The van der Waals surface area contributed by atoms with E-state index < -0.39 is 5.97 Å². The Morgan fingerprint density at radius 1 is 1.36 bits per heavy atom. The molecule has 0 amide bonds. The summed E-state index contributed by atoms with van der Waals surface area (Å²) < 4.78 is 5.19. The van der Waals surface area contributed by atoms with Crippen LogP contribution in [-0.2, 0) is 0 Å². The molecule has 3 heteroatoms. The number of carbonyl (C=O) groups is 1. The van der Waals surface area contributed by atoms with Gasteiger partial charge in [0.2, 0.25) is 0 Å². The van der Waals surface area contributed by atoms with E-state index in [0.717, 1.165) is 11.1 Å². The van der Waals surface area contributed by atoms with Gasteiger partial charge in [-0.3, -0.25) is 0 Å². The Kier molecular flexibility index (Phi) is 1.81. The SMILES string of the molecule is Cc1cc(C)c2c(C(=O)O)coc2c1. The summed E-state index contributed by atoms with van der Waals surface area (Å²) >= 11 is 0. The maximum atomic E-state index is 10.9. The number of furan rings is 1. The highest BCUT2D eigenvalue weighted by Gasteiger charge is 2.14. The van der Waals surface area contributed by atoms with Crippen LogP contribution in [0.5, 0.6) is 0 Å². The topological polar surface area (TPSA) is 50.4 Å². The molecule has 0 spiro atoms. The minimum Gasteiger partial charge on any atom is -0.478 e. The predicted octanol–water partition coefficient (Wildman–Crippen LogP) is 2.75. The van der Waals surface area contributed by atoms with Crippen molar-refractivity contribution in [1.29, 1.82) is 0 Å². The number of aromatic carboxylic acids is 1. The van der Waals surface area contributed by atoms with Gasteiger partial charge in [0.1, 0.15) is 17.4 Å². The fourth-order valence-corrected chi connectivity index (χ4v) is 1.71. The summed E-state index contributed by atoms with van der Waals surface area (Å²) in [6.45, 7) is 3.84. The van der Waals surface area contributed by atoms with Crippen LogP contribution in [0.3, 0.4) is 0 Å². The molecule has 0 saturated heterocycles. The summed E-state index contributed by atoms with van der Waals surface area (Å²) in [5, 5.41) is 9.60. The molecule has 2 aromatic rings. The molecule has 0 aliphatic heterocycles. The lowest BCUT2D eigenvalue weighted by molar-refractivity contribution is 0.0698. The Morgan fingerprint density at radius 2 is 2.07 bits per heavy atom. The van der Waals surface area contributed by atoms with Crippen LogP contribution < -0.4 is 0 Å². The van der Waals surface area contributed by atoms with E-state index in [1.807, 2.05) is 26.0 Å². The van der Waals surface area contributed by atoms with Crippen LogP contribution in [0.4, 0.5) is 0 Å². The standard InChI is InChI=1S/C11H10O3/c1-6-3-7(2)10-8(11(12)13)5-14-9(10)4-6/h3-5H,1-2H3,(H,12,13). The van der Waals surface area contributed by atoms with E-state index in [-0.39, 0.29) is 5.56 Å². The minimum atomic E-state index is -0.948. The van der Waals surface area contributed by atoms with Gasteiger partial charge in [0.05, 0.1) is 0 Å².